The molecule has 132 valence electrons. The number of nitrogens with zero attached hydrogens (tertiary/aromatic N) is 2. The second kappa shape index (κ2) is 7.06. The Morgan fingerprint density at radius 2 is 1.92 bits per heavy atom. The minimum absolute atomic E-state index is 0.150. The summed E-state index contributed by atoms with van der Waals surface area (Å²) in [5, 5.41) is 4.29. The highest BCUT2D eigenvalue weighted by Crippen LogP contribution is 2.30. The minimum atomic E-state index is -0.679. The highest BCUT2D eigenvalue weighted by Gasteiger charge is 2.12. The average Bonchev–Trinajstić information content (AvgIpc) is 2.62. The van der Waals surface area contributed by atoms with Crippen LogP contribution >= 0.6 is 0 Å². The fraction of sp³-hybridized carbons (Fsp3) is 0.111. The van der Waals surface area contributed by atoms with Gasteiger partial charge in [-0.1, -0.05) is 18.2 Å². The van der Waals surface area contributed by atoms with Gasteiger partial charge >= 0.3 is 11.7 Å². The smallest absolute Gasteiger partial charge is 0.349 e. The zero-order valence-corrected chi connectivity index (χ0v) is 14.1. The molecule has 0 fully saturated rings. The molecule has 0 bridgehead atoms. The standard InChI is InChI=1S/C18H15N3O5/c1-11(22)26-16-12(6-5-9-15(16)25-2)10-19-21-17(23)13-7-3-4-8-14(13)20-18(21)24/h3-10H,1-2H3,(H,20,24). The Hall–Kier alpha value is -3.68. The molecular weight excluding hydrogens is 338 g/mol. The minimum Gasteiger partial charge on any atom is -0.493 e. The summed E-state index contributed by atoms with van der Waals surface area (Å²) in [5.74, 6) is -0.0645. The van der Waals surface area contributed by atoms with Crippen molar-refractivity contribution in [2.45, 2.75) is 6.92 Å². The lowest BCUT2D eigenvalue weighted by Crippen LogP contribution is -2.32. The number of carbonyl (C=O) groups is 1. The highest BCUT2D eigenvalue weighted by molar-refractivity contribution is 5.87. The van der Waals surface area contributed by atoms with Crippen LogP contribution in [0.25, 0.3) is 10.9 Å². The Labute approximate surface area is 147 Å². The molecule has 0 atom stereocenters. The van der Waals surface area contributed by atoms with Crippen LogP contribution in [-0.2, 0) is 4.79 Å². The summed E-state index contributed by atoms with van der Waals surface area (Å²) < 4.78 is 11.0. The number of rotatable bonds is 4. The zero-order chi connectivity index (χ0) is 18.7. The molecule has 3 aromatic rings. The molecule has 0 aliphatic carbocycles. The maximum absolute atomic E-state index is 12.5. The summed E-state index contributed by atoms with van der Waals surface area (Å²) in [4.78, 5) is 38.5. The van der Waals surface area contributed by atoms with Crippen molar-refractivity contribution in [3.63, 3.8) is 0 Å². The number of para-hydroxylation sites is 2. The number of carbonyl (C=O) groups excluding carboxylic acids is 1. The Morgan fingerprint density at radius 3 is 2.65 bits per heavy atom. The first-order valence-corrected chi connectivity index (χ1v) is 7.65. The highest BCUT2D eigenvalue weighted by atomic mass is 16.6. The number of methoxy groups -OCH3 is 1. The third kappa shape index (κ3) is 3.25. The van der Waals surface area contributed by atoms with E-state index in [0.29, 0.717) is 26.9 Å². The Kier molecular flexibility index (Phi) is 4.66. The molecule has 0 aliphatic rings. The number of hydrogen-bond donors (Lipinski definition) is 1. The van der Waals surface area contributed by atoms with Crippen LogP contribution < -0.4 is 20.7 Å². The summed E-state index contributed by atoms with van der Waals surface area (Å²) in [6.45, 7) is 1.26. The van der Waals surface area contributed by atoms with Crippen molar-refractivity contribution in [1.29, 1.82) is 0 Å². The van der Waals surface area contributed by atoms with Crippen molar-refractivity contribution in [1.82, 2.24) is 9.66 Å². The van der Waals surface area contributed by atoms with E-state index in [1.165, 1.54) is 20.2 Å². The van der Waals surface area contributed by atoms with Crippen molar-refractivity contribution in [2.75, 3.05) is 7.11 Å². The maximum Gasteiger partial charge on any atom is 0.349 e. The Balaban J connectivity index is 2.12. The molecular formula is C18H15N3O5. The second-order valence-corrected chi connectivity index (χ2v) is 5.31. The van der Waals surface area contributed by atoms with Gasteiger partial charge in [0.2, 0.25) is 0 Å². The lowest BCUT2D eigenvalue weighted by molar-refractivity contribution is -0.132. The third-order valence-corrected chi connectivity index (χ3v) is 3.57. The number of aromatic amines is 1. The maximum atomic E-state index is 12.5. The van der Waals surface area contributed by atoms with Crippen molar-refractivity contribution in [2.24, 2.45) is 5.10 Å². The topological polar surface area (TPSA) is 103 Å². The predicted octanol–water partition coefficient (Wildman–Crippen LogP) is 1.51. The third-order valence-electron chi connectivity index (χ3n) is 3.57. The summed E-state index contributed by atoms with van der Waals surface area (Å²) >= 11 is 0. The summed E-state index contributed by atoms with van der Waals surface area (Å²) in [6, 6.07) is 11.5. The molecule has 8 heteroatoms. The lowest BCUT2D eigenvalue weighted by Gasteiger charge is -2.10. The van der Waals surface area contributed by atoms with Crippen LogP contribution in [0.5, 0.6) is 11.5 Å². The molecule has 0 saturated carbocycles. The normalized spacial score (nSPS) is 11.0. The first kappa shape index (κ1) is 17.2. The number of nitrogens with one attached hydrogen (secondary N) is 1. The van der Waals surface area contributed by atoms with Crippen molar-refractivity contribution in [3.05, 3.63) is 68.9 Å². The van der Waals surface area contributed by atoms with Gasteiger partial charge in [0.25, 0.3) is 5.56 Å². The number of esters is 1. The first-order valence-electron chi connectivity index (χ1n) is 7.65. The van der Waals surface area contributed by atoms with Gasteiger partial charge in [0.05, 0.1) is 24.2 Å². The van der Waals surface area contributed by atoms with Gasteiger partial charge in [0, 0.05) is 12.5 Å². The molecule has 1 aromatic heterocycles. The van der Waals surface area contributed by atoms with Crippen LogP contribution in [0, 0.1) is 0 Å². The molecule has 0 aliphatic heterocycles. The van der Waals surface area contributed by atoms with Crippen LogP contribution in [0.2, 0.25) is 0 Å². The number of aromatic nitrogens is 2. The van der Waals surface area contributed by atoms with Crippen molar-refractivity contribution in [3.8, 4) is 11.5 Å². The number of fused-ring (bicyclic) bond motifs is 1. The van der Waals surface area contributed by atoms with Crippen LogP contribution in [0.3, 0.4) is 0 Å². The molecule has 1 N–H and O–H groups in total. The van der Waals surface area contributed by atoms with Gasteiger partial charge in [-0.2, -0.15) is 5.10 Å². The monoisotopic (exact) mass is 353 g/mol. The van der Waals surface area contributed by atoms with Crippen LogP contribution in [0.1, 0.15) is 12.5 Å². The molecule has 0 spiro atoms. The summed E-state index contributed by atoms with van der Waals surface area (Å²) in [5.41, 5.74) is -0.436. The van der Waals surface area contributed by atoms with E-state index in [2.05, 4.69) is 10.1 Å². The van der Waals surface area contributed by atoms with Crippen LogP contribution in [-0.4, -0.2) is 29.0 Å². The largest absolute Gasteiger partial charge is 0.493 e. The summed E-state index contributed by atoms with van der Waals surface area (Å²) in [6.07, 6.45) is 1.26. The Morgan fingerprint density at radius 1 is 1.15 bits per heavy atom. The number of benzene rings is 2. The molecule has 0 saturated heterocycles. The molecule has 3 rings (SSSR count). The van der Waals surface area contributed by atoms with Gasteiger partial charge in [-0.15, -0.1) is 4.68 Å². The number of ether oxygens (including phenoxy) is 2. The van der Waals surface area contributed by atoms with E-state index in [1.54, 1.807) is 42.5 Å². The first-order chi connectivity index (χ1) is 12.5. The predicted molar refractivity (Wildman–Crippen MR) is 96.1 cm³/mol. The molecule has 0 radical (unpaired) electrons. The zero-order valence-electron chi connectivity index (χ0n) is 14.1. The van der Waals surface area contributed by atoms with Crippen molar-refractivity contribution >= 4 is 23.1 Å². The average molecular weight is 353 g/mol. The molecule has 0 amide bonds. The van der Waals surface area contributed by atoms with E-state index >= 15 is 0 Å². The van der Waals surface area contributed by atoms with Crippen LogP contribution in [0.4, 0.5) is 0 Å². The molecule has 2 aromatic carbocycles. The lowest BCUT2D eigenvalue weighted by atomic mass is 10.2. The van der Waals surface area contributed by atoms with Crippen LogP contribution in [0.15, 0.2) is 57.2 Å². The van der Waals surface area contributed by atoms with Gasteiger partial charge in [-0.3, -0.25) is 9.59 Å². The fourth-order valence-corrected chi connectivity index (χ4v) is 2.43. The van der Waals surface area contributed by atoms with E-state index in [-0.39, 0.29) is 5.75 Å². The van der Waals surface area contributed by atoms with Gasteiger partial charge in [0.15, 0.2) is 11.5 Å². The van der Waals surface area contributed by atoms with Gasteiger partial charge in [-0.05, 0) is 24.3 Å². The van der Waals surface area contributed by atoms with E-state index in [9.17, 15) is 14.4 Å². The van der Waals surface area contributed by atoms with Gasteiger partial charge in [-0.25, -0.2) is 4.79 Å². The van der Waals surface area contributed by atoms with E-state index in [4.69, 9.17) is 9.47 Å². The molecule has 0 unspecified atom stereocenters. The van der Waals surface area contributed by atoms with E-state index in [1.807, 2.05) is 0 Å². The van der Waals surface area contributed by atoms with Gasteiger partial charge < -0.3 is 14.5 Å². The fourth-order valence-electron chi connectivity index (χ4n) is 2.43. The summed E-state index contributed by atoms with van der Waals surface area (Å²) in [7, 11) is 1.43. The quantitative estimate of drug-likeness (QED) is 0.435. The number of H-pyrrole nitrogens is 1. The Bertz CT molecular complexity index is 1130. The van der Waals surface area contributed by atoms with Crippen molar-refractivity contribution < 1.29 is 14.3 Å². The molecule has 8 nitrogen and oxygen atoms in total. The van der Waals surface area contributed by atoms with E-state index < -0.39 is 17.2 Å². The SMILES string of the molecule is COc1cccc(C=Nn2c(=O)[nH]c3ccccc3c2=O)c1OC(C)=O. The number of hydrogen-bond acceptors (Lipinski definition) is 6. The molecule has 26 heavy (non-hydrogen) atoms. The van der Waals surface area contributed by atoms with E-state index in [0.717, 1.165) is 0 Å². The second-order valence-electron chi connectivity index (χ2n) is 5.31. The van der Waals surface area contributed by atoms with Gasteiger partial charge in [0.1, 0.15) is 0 Å². The molecule has 1 heterocycles.